The lowest BCUT2D eigenvalue weighted by atomic mass is 10.0. The molecule has 28 heavy (non-hydrogen) atoms. The van der Waals surface area contributed by atoms with Crippen molar-refractivity contribution in [2.24, 2.45) is 4.99 Å². The van der Waals surface area contributed by atoms with Gasteiger partial charge in [-0.3, -0.25) is 4.99 Å². The molecule has 142 valence electrons. The number of allylic oxidation sites excluding steroid dienone is 1. The summed E-state index contributed by atoms with van der Waals surface area (Å²) in [7, 11) is 0. The van der Waals surface area contributed by atoms with Crippen LogP contribution in [0.4, 0.5) is 16.0 Å². The Morgan fingerprint density at radius 2 is 2.14 bits per heavy atom. The summed E-state index contributed by atoms with van der Waals surface area (Å²) < 4.78 is 19.2. The van der Waals surface area contributed by atoms with E-state index in [1.807, 2.05) is 37.4 Å². The number of ether oxygens (including phenoxy) is 1. The van der Waals surface area contributed by atoms with E-state index >= 15 is 0 Å². The molecular formula is C21H20FN5O. The summed E-state index contributed by atoms with van der Waals surface area (Å²) >= 11 is 0. The van der Waals surface area contributed by atoms with Crippen molar-refractivity contribution in [3.05, 3.63) is 59.9 Å². The van der Waals surface area contributed by atoms with Crippen molar-refractivity contribution < 1.29 is 9.13 Å². The minimum atomic E-state index is -0.345. The van der Waals surface area contributed by atoms with Crippen LogP contribution in [0.3, 0.4) is 0 Å². The maximum absolute atomic E-state index is 13.6. The zero-order valence-electron chi connectivity index (χ0n) is 15.7. The Kier molecular flexibility index (Phi) is 4.97. The number of nitrogens with zero attached hydrogens (tertiary/aromatic N) is 4. The van der Waals surface area contributed by atoms with Crippen LogP contribution >= 0.6 is 0 Å². The molecule has 1 aliphatic rings. The molecule has 3 heterocycles. The second-order valence-electron chi connectivity index (χ2n) is 6.51. The van der Waals surface area contributed by atoms with Gasteiger partial charge in [0.25, 0.3) is 0 Å². The van der Waals surface area contributed by atoms with Gasteiger partial charge in [0, 0.05) is 17.8 Å². The summed E-state index contributed by atoms with van der Waals surface area (Å²) in [5, 5.41) is 4.02. The van der Waals surface area contributed by atoms with E-state index in [1.165, 1.54) is 6.20 Å². The molecule has 0 fully saturated rings. The average molecular weight is 377 g/mol. The Balaban J connectivity index is 1.81. The van der Waals surface area contributed by atoms with Crippen LogP contribution in [0.5, 0.6) is 5.75 Å². The van der Waals surface area contributed by atoms with E-state index in [-0.39, 0.29) is 11.7 Å². The second-order valence-corrected chi connectivity index (χ2v) is 6.51. The van der Waals surface area contributed by atoms with Crippen molar-refractivity contribution in [1.82, 2.24) is 15.0 Å². The topological polar surface area (TPSA) is 72.3 Å². The van der Waals surface area contributed by atoms with Crippen LogP contribution in [0.2, 0.25) is 0 Å². The average Bonchev–Trinajstić information content (AvgIpc) is 2.72. The van der Waals surface area contributed by atoms with Gasteiger partial charge in [-0.05, 0) is 50.1 Å². The second kappa shape index (κ2) is 7.72. The first-order valence-electron chi connectivity index (χ1n) is 9.16. The predicted octanol–water partition coefficient (Wildman–Crippen LogP) is 4.69. The fourth-order valence-electron chi connectivity index (χ4n) is 3.03. The molecule has 0 amide bonds. The summed E-state index contributed by atoms with van der Waals surface area (Å²) in [4.78, 5) is 17.8. The van der Waals surface area contributed by atoms with Gasteiger partial charge in [0.05, 0.1) is 24.2 Å². The van der Waals surface area contributed by atoms with Crippen LogP contribution in [0, 0.1) is 12.7 Å². The number of aryl methyl sites for hydroxylation is 1. The molecule has 1 aromatic carbocycles. The largest absolute Gasteiger partial charge is 0.494 e. The highest BCUT2D eigenvalue weighted by Crippen LogP contribution is 2.30. The number of halogens is 1. The number of hydrogen-bond acceptors (Lipinski definition) is 6. The van der Waals surface area contributed by atoms with E-state index in [9.17, 15) is 4.39 Å². The molecule has 1 aliphatic heterocycles. The molecule has 2 aromatic heterocycles. The van der Waals surface area contributed by atoms with Gasteiger partial charge < -0.3 is 10.1 Å². The van der Waals surface area contributed by atoms with Gasteiger partial charge in [0.15, 0.2) is 0 Å². The Labute approximate surface area is 162 Å². The van der Waals surface area contributed by atoms with E-state index in [0.717, 1.165) is 23.1 Å². The molecule has 1 atom stereocenters. The molecule has 6 nitrogen and oxygen atoms in total. The van der Waals surface area contributed by atoms with Crippen molar-refractivity contribution in [3.63, 3.8) is 0 Å². The summed E-state index contributed by atoms with van der Waals surface area (Å²) in [6.45, 7) is 4.20. The van der Waals surface area contributed by atoms with Crippen LogP contribution in [-0.2, 0) is 0 Å². The Hall–Kier alpha value is -3.35. The first-order valence-corrected chi connectivity index (χ1v) is 9.16. The van der Waals surface area contributed by atoms with Gasteiger partial charge in [-0.15, -0.1) is 0 Å². The summed E-state index contributed by atoms with van der Waals surface area (Å²) in [6, 6.07) is 7.35. The molecule has 0 aliphatic carbocycles. The van der Waals surface area contributed by atoms with Crippen LogP contribution in [-0.4, -0.2) is 27.8 Å². The van der Waals surface area contributed by atoms with Gasteiger partial charge in [-0.1, -0.05) is 6.08 Å². The molecular weight excluding hydrogens is 357 g/mol. The molecule has 0 spiro atoms. The van der Waals surface area contributed by atoms with Crippen LogP contribution in [0.1, 0.15) is 30.7 Å². The molecule has 0 saturated heterocycles. The molecule has 1 unspecified atom stereocenters. The Morgan fingerprint density at radius 1 is 1.25 bits per heavy atom. The number of hydrogen-bond donors (Lipinski definition) is 1. The first-order chi connectivity index (χ1) is 13.6. The zero-order chi connectivity index (χ0) is 19.5. The van der Waals surface area contributed by atoms with Crippen LogP contribution in [0.15, 0.2) is 47.7 Å². The highest BCUT2D eigenvalue weighted by atomic mass is 19.1. The lowest BCUT2D eigenvalue weighted by molar-refractivity contribution is 0.340. The summed E-state index contributed by atoms with van der Waals surface area (Å²) in [6.07, 6.45) is 7.61. The lowest BCUT2D eigenvalue weighted by Gasteiger charge is -2.15. The number of fused-ring (bicyclic) bond motifs is 1. The number of anilines is 2. The number of rotatable bonds is 5. The van der Waals surface area contributed by atoms with Crippen molar-refractivity contribution in [2.75, 3.05) is 11.9 Å². The smallest absolute Gasteiger partial charge is 0.144 e. The maximum atomic E-state index is 13.6. The van der Waals surface area contributed by atoms with Crippen molar-refractivity contribution >= 4 is 28.8 Å². The van der Waals surface area contributed by atoms with Crippen molar-refractivity contribution in [3.8, 4) is 5.75 Å². The molecule has 4 rings (SSSR count). The minimum Gasteiger partial charge on any atom is -0.494 e. The van der Waals surface area contributed by atoms with Crippen molar-refractivity contribution in [1.29, 1.82) is 0 Å². The normalized spacial score (nSPS) is 15.8. The molecule has 7 heteroatoms. The number of nitrogens with one attached hydrogen (secondary N) is 1. The van der Waals surface area contributed by atoms with E-state index in [0.29, 0.717) is 29.6 Å². The molecule has 1 N–H and O–H groups in total. The molecule has 0 bridgehead atoms. The number of pyridine rings is 1. The van der Waals surface area contributed by atoms with E-state index < -0.39 is 0 Å². The predicted molar refractivity (Wildman–Crippen MR) is 108 cm³/mol. The number of benzene rings is 1. The third-order valence-corrected chi connectivity index (χ3v) is 4.47. The monoisotopic (exact) mass is 377 g/mol. The van der Waals surface area contributed by atoms with Crippen LogP contribution < -0.4 is 10.1 Å². The summed E-state index contributed by atoms with van der Waals surface area (Å²) in [5.74, 6) is 2.19. The van der Waals surface area contributed by atoms with E-state index in [2.05, 4.69) is 15.3 Å². The summed E-state index contributed by atoms with van der Waals surface area (Å²) in [5.41, 5.74) is 1.30. The van der Waals surface area contributed by atoms with Gasteiger partial charge in [0.1, 0.15) is 29.0 Å². The van der Waals surface area contributed by atoms with Gasteiger partial charge >= 0.3 is 0 Å². The van der Waals surface area contributed by atoms with Crippen LogP contribution in [0.25, 0.3) is 10.9 Å². The quantitative estimate of drug-likeness (QED) is 0.698. The van der Waals surface area contributed by atoms with E-state index in [1.54, 1.807) is 19.2 Å². The van der Waals surface area contributed by atoms with Crippen molar-refractivity contribution in [2.45, 2.75) is 26.2 Å². The highest BCUT2D eigenvalue weighted by Gasteiger charge is 2.17. The first kappa shape index (κ1) is 18.0. The maximum Gasteiger partial charge on any atom is 0.144 e. The molecule has 0 saturated carbocycles. The zero-order valence-corrected chi connectivity index (χ0v) is 15.7. The van der Waals surface area contributed by atoms with E-state index in [4.69, 9.17) is 14.7 Å². The van der Waals surface area contributed by atoms with Gasteiger partial charge in [-0.25, -0.2) is 19.3 Å². The lowest BCUT2D eigenvalue weighted by Crippen LogP contribution is -2.10. The fraction of sp³-hybridized carbons (Fsp3) is 0.238. The molecule has 0 radical (unpaired) electrons. The molecule has 3 aromatic rings. The standard InChI is InChI=1S/C21H20FN5O/c1-3-28-15-6-7-18-16(10-15)21(26-19-9-13(2)17(22)12-24-19)27-20(25-18)14-5-4-8-23-11-14/h4,6-12,14H,3,5H2,1-2H3,(H,24,25,26,27). The minimum absolute atomic E-state index is 0.00410. The number of aromatic nitrogens is 3. The third-order valence-electron chi connectivity index (χ3n) is 4.47. The SMILES string of the molecule is CCOc1ccc2nc(C3C=NC=CC3)nc(Nc3cc(C)c(F)cn3)c2c1. The Bertz CT molecular complexity index is 1080. The highest BCUT2D eigenvalue weighted by molar-refractivity contribution is 5.92. The van der Waals surface area contributed by atoms with Gasteiger partial charge in [0.2, 0.25) is 0 Å². The Morgan fingerprint density at radius 3 is 2.89 bits per heavy atom. The van der Waals surface area contributed by atoms with Gasteiger partial charge in [-0.2, -0.15) is 0 Å². The fourth-order valence-corrected chi connectivity index (χ4v) is 3.03. The third kappa shape index (κ3) is 3.69. The number of aliphatic imine (C=N–C) groups is 1.